The van der Waals surface area contributed by atoms with Crippen LogP contribution in [0.15, 0.2) is 103 Å². The van der Waals surface area contributed by atoms with Gasteiger partial charge in [0.15, 0.2) is 0 Å². The molecule has 0 bridgehead atoms. The van der Waals surface area contributed by atoms with Crippen molar-refractivity contribution in [3.8, 4) is 5.75 Å². The van der Waals surface area contributed by atoms with Crippen LogP contribution < -0.4 is 4.74 Å². The summed E-state index contributed by atoms with van der Waals surface area (Å²) in [6.07, 6.45) is 5.31. The lowest BCUT2D eigenvalue weighted by molar-refractivity contribution is -0.132. The predicted octanol–water partition coefficient (Wildman–Crippen LogP) is 6.90. The minimum Gasteiger partial charge on any atom is -0.497 e. The Balaban J connectivity index is 1.62. The molecule has 0 N–H and O–H groups in total. The van der Waals surface area contributed by atoms with Crippen molar-refractivity contribution >= 4 is 5.91 Å². The van der Waals surface area contributed by atoms with Crippen LogP contribution in [0.1, 0.15) is 54.5 Å². The Labute approximate surface area is 215 Å². The van der Waals surface area contributed by atoms with Gasteiger partial charge in [-0.1, -0.05) is 92.6 Å². The number of carbonyl (C=O) groups excluding carboxylic acids is 1. The number of unbranched alkanes of at least 4 members (excludes halogenated alkanes) is 2. The molecule has 0 unspecified atom stereocenters. The first kappa shape index (κ1) is 25.3. The molecule has 0 aliphatic heterocycles. The summed E-state index contributed by atoms with van der Waals surface area (Å²) in [5, 5.41) is 0. The molecular weight excluding hydrogens is 444 g/mol. The number of aromatic nitrogens is 1. The van der Waals surface area contributed by atoms with Crippen molar-refractivity contribution in [2.45, 2.75) is 45.2 Å². The van der Waals surface area contributed by atoms with E-state index in [4.69, 9.17) is 4.74 Å². The van der Waals surface area contributed by atoms with Gasteiger partial charge in [-0.25, -0.2) is 0 Å². The van der Waals surface area contributed by atoms with Crippen LogP contribution in [0.5, 0.6) is 5.75 Å². The zero-order chi connectivity index (χ0) is 25.2. The van der Waals surface area contributed by atoms with E-state index in [1.165, 1.54) is 5.56 Å². The third kappa shape index (κ3) is 6.45. The number of benzene rings is 3. The first-order chi connectivity index (χ1) is 17.7. The average molecular weight is 481 g/mol. The molecule has 1 amide bonds. The van der Waals surface area contributed by atoms with E-state index in [0.29, 0.717) is 6.54 Å². The van der Waals surface area contributed by atoms with Crippen LogP contribution in [-0.4, -0.2) is 29.0 Å². The number of amides is 1. The predicted molar refractivity (Wildman–Crippen MR) is 146 cm³/mol. The molecule has 1 aromatic heterocycles. The minimum absolute atomic E-state index is 0.151. The number of carbonyl (C=O) groups is 1. The molecule has 1 heterocycles. The van der Waals surface area contributed by atoms with E-state index >= 15 is 0 Å². The molecule has 0 radical (unpaired) electrons. The lowest BCUT2D eigenvalue weighted by Crippen LogP contribution is -2.36. The summed E-state index contributed by atoms with van der Waals surface area (Å²) in [5.41, 5.74) is 4.35. The van der Waals surface area contributed by atoms with Gasteiger partial charge in [-0.2, -0.15) is 0 Å². The molecule has 0 saturated heterocycles. The fourth-order valence-electron chi connectivity index (χ4n) is 4.68. The molecule has 0 aliphatic rings. The SMILES string of the molecule is CCCCCN(Cc1cccn1Cc1cccc(OC)c1)C(=O)C(c1ccccc1)c1ccccc1. The maximum absolute atomic E-state index is 14.2. The monoisotopic (exact) mass is 480 g/mol. The van der Waals surface area contributed by atoms with Crippen molar-refractivity contribution in [2.24, 2.45) is 0 Å². The van der Waals surface area contributed by atoms with E-state index in [1.807, 2.05) is 48.5 Å². The Bertz CT molecular complexity index is 1180. The van der Waals surface area contributed by atoms with Crippen molar-refractivity contribution in [1.29, 1.82) is 0 Å². The topological polar surface area (TPSA) is 34.5 Å². The van der Waals surface area contributed by atoms with E-state index < -0.39 is 0 Å². The molecule has 0 spiro atoms. The second-order valence-corrected chi connectivity index (χ2v) is 9.20. The normalized spacial score (nSPS) is 11.0. The van der Waals surface area contributed by atoms with Crippen molar-refractivity contribution < 1.29 is 9.53 Å². The van der Waals surface area contributed by atoms with E-state index in [-0.39, 0.29) is 11.8 Å². The molecule has 4 aromatic rings. The molecule has 36 heavy (non-hydrogen) atoms. The largest absolute Gasteiger partial charge is 0.497 e. The first-order valence-corrected chi connectivity index (χ1v) is 12.8. The van der Waals surface area contributed by atoms with Gasteiger partial charge in [-0.3, -0.25) is 4.79 Å². The van der Waals surface area contributed by atoms with Crippen molar-refractivity contribution in [3.63, 3.8) is 0 Å². The van der Waals surface area contributed by atoms with E-state index in [2.05, 4.69) is 71.1 Å². The molecule has 4 nitrogen and oxygen atoms in total. The van der Waals surface area contributed by atoms with Crippen LogP contribution in [0.2, 0.25) is 0 Å². The van der Waals surface area contributed by atoms with E-state index in [1.54, 1.807) is 7.11 Å². The van der Waals surface area contributed by atoms with Gasteiger partial charge < -0.3 is 14.2 Å². The number of hydrogen-bond donors (Lipinski definition) is 0. The van der Waals surface area contributed by atoms with Gasteiger partial charge >= 0.3 is 0 Å². The smallest absolute Gasteiger partial charge is 0.234 e. The summed E-state index contributed by atoms with van der Waals surface area (Å²) in [6.45, 7) is 4.25. The van der Waals surface area contributed by atoms with Gasteiger partial charge in [0.2, 0.25) is 5.91 Å². The fourth-order valence-corrected chi connectivity index (χ4v) is 4.68. The summed E-state index contributed by atoms with van der Waals surface area (Å²) < 4.78 is 7.63. The Hall–Kier alpha value is -3.79. The van der Waals surface area contributed by atoms with Crippen molar-refractivity contribution in [1.82, 2.24) is 9.47 Å². The molecule has 0 aliphatic carbocycles. The zero-order valence-corrected chi connectivity index (χ0v) is 21.3. The molecule has 186 valence electrons. The summed E-state index contributed by atoms with van der Waals surface area (Å²) in [7, 11) is 1.69. The maximum Gasteiger partial charge on any atom is 0.234 e. The van der Waals surface area contributed by atoms with Gasteiger partial charge in [-0.15, -0.1) is 0 Å². The van der Waals surface area contributed by atoms with Crippen LogP contribution in [0.4, 0.5) is 0 Å². The molecule has 0 atom stereocenters. The highest BCUT2D eigenvalue weighted by Crippen LogP contribution is 2.28. The van der Waals surface area contributed by atoms with Crippen LogP contribution in [-0.2, 0) is 17.9 Å². The second kappa shape index (κ2) is 12.8. The van der Waals surface area contributed by atoms with Gasteiger partial charge in [0.25, 0.3) is 0 Å². The maximum atomic E-state index is 14.2. The Kier molecular flexibility index (Phi) is 8.98. The summed E-state index contributed by atoms with van der Waals surface area (Å²) in [5.74, 6) is 0.680. The third-order valence-electron chi connectivity index (χ3n) is 6.62. The average Bonchev–Trinajstić information content (AvgIpc) is 3.36. The van der Waals surface area contributed by atoms with Crippen molar-refractivity contribution in [2.75, 3.05) is 13.7 Å². The van der Waals surface area contributed by atoms with Gasteiger partial charge in [0, 0.05) is 25.0 Å². The van der Waals surface area contributed by atoms with Crippen molar-refractivity contribution in [3.05, 3.63) is 126 Å². The molecule has 0 fully saturated rings. The summed E-state index contributed by atoms with van der Waals surface area (Å²) >= 11 is 0. The standard InChI is InChI=1S/C32H36N2O2/c1-3-4-11-21-34(25-29-19-13-22-33(29)24-26-14-12-20-30(23-26)36-2)32(35)31(27-15-7-5-8-16-27)28-17-9-6-10-18-28/h5-10,12-20,22-23,31H,3-4,11,21,24-25H2,1-2H3. The van der Waals surface area contributed by atoms with Crippen LogP contribution in [0.3, 0.4) is 0 Å². The number of ether oxygens (including phenoxy) is 1. The third-order valence-corrected chi connectivity index (χ3v) is 6.62. The quantitative estimate of drug-likeness (QED) is 0.207. The Morgan fingerprint density at radius 3 is 2.19 bits per heavy atom. The second-order valence-electron chi connectivity index (χ2n) is 9.20. The Morgan fingerprint density at radius 2 is 1.56 bits per heavy atom. The first-order valence-electron chi connectivity index (χ1n) is 12.8. The fraction of sp³-hybridized carbons (Fsp3) is 0.281. The Morgan fingerprint density at radius 1 is 0.861 bits per heavy atom. The molecule has 0 saturated carbocycles. The highest BCUT2D eigenvalue weighted by Gasteiger charge is 2.28. The number of nitrogens with zero attached hydrogens (tertiary/aromatic N) is 2. The summed E-state index contributed by atoms with van der Waals surface area (Å²) in [4.78, 5) is 16.3. The number of rotatable bonds is 12. The van der Waals surface area contributed by atoms with E-state index in [9.17, 15) is 4.79 Å². The van der Waals surface area contributed by atoms with E-state index in [0.717, 1.165) is 54.9 Å². The number of hydrogen-bond acceptors (Lipinski definition) is 2. The number of methoxy groups -OCH3 is 1. The zero-order valence-electron chi connectivity index (χ0n) is 21.3. The lowest BCUT2D eigenvalue weighted by atomic mass is 9.90. The highest BCUT2D eigenvalue weighted by atomic mass is 16.5. The molecule has 3 aromatic carbocycles. The van der Waals surface area contributed by atoms with Crippen LogP contribution in [0.25, 0.3) is 0 Å². The van der Waals surface area contributed by atoms with Gasteiger partial charge in [-0.05, 0) is 47.4 Å². The van der Waals surface area contributed by atoms with Gasteiger partial charge in [0.1, 0.15) is 5.75 Å². The van der Waals surface area contributed by atoms with Crippen LogP contribution in [0, 0.1) is 0 Å². The summed E-state index contributed by atoms with van der Waals surface area (Å²) in [6, 6.07) is 32.6. The highest BCUT2D eigenvalue weighted by molar-refractivity contribution is 5.87. The molecule has 4 rings (SSSR count). The molecule has 4 heteroatoms. The molecular formula is C32H36N2O2. The van der Waals surface area contributed by atoms with Gasteiger partial charge in [0.05, 0.1) is 19.6 Å². The lowest BCUT2D eigenvalue weighted by Gasteiger charge is -2.29. The van der Waals surface area contributed by atoms with Crippen LogP contribution >= 0.6 is 0 Å². The minimum atomic E-state index is -0.323.